The summed E-state index contributed by atoms with van der Waals surface area (Å²) < 4.78 is 30.6. The zero-order chi connectivity index (χ0) is 16.4. The van der Waals surface area contributed by atoms with E-state index >= 15 is 0 Å². The van der Waals surface area contributed by atoms with E-state index in [0.29, 0.717) is 6.42 Å². The highest BCUT2D eigenvalue weighted by molar-refractivity contribution is 7.88. The van der Waals surface area contributed by atoms with Crippen molar-refractivity contribution in [2.24, 2.45) is 5.92 Å². The van der Waals surface area contributed by atoms with E-state index in [-0.39, 0.29) is 12.3 Å². The summed E-state index contributed by atoms with van der Waals surface area (Å²) in [6.07, 6.45) is 0.275. The second-order valence-electron chi connectivity index (χ2n) is 4.84. The average molecular weight is 354 g/mol. The van der Waals surface area contributed by atoms with Crippen LogP contribution in [0.2, 0.25) is 0 Å². The third kappa shape index (κ3) is 4.23. The van der Waals surface area contributed by atoms with Crippen LogP contribution >= 0.6 is 22.8 Å². The fourth-order valence-corrected chi connectivity index (χ4v) is 7.36. The van der Waals surface area contributed by atoms with Gasteiger partial charge in [0, 0.05) is 0 Å². The zero-order valence-electron chi connectivity index (χ0n) is 11.2. The van der Waals surface area contributed by atoms with Crippen LogP contribution in [-0.2, 0) is 13.7 Å². The quantitative estimate of drug-likeness (QED) is 0.352. The Morgan fingerprint density at radius 1 is 0.850 bits per heavy atom. The third-order valence-electron chi connectivity index (χ3n) is 3.15. The molecule has 0 aliphatic heterocycles. The summed E-state index contributed by atoms with van der Waals surface area (Å²) in [6.45, 7) is 3.52. The molecule has 20 heavy (non-hydrogen) atoms. The molecule has 6 N–H and O–H groups in total. The molecular weight excluding hydrogens is 333 g/mol. The highest BCUT2D eigenvalue weighted by Crippen LogP contribution is 2.84. The van der Waals surface area contributed by atoms with Crippen molar-refractivity contribution in [3.8, 4) is 0 Å². The second-order valence-corrected chi connectivity index (χ2v) is 11.5. The van der Waals surface area contributed by atoms with Crippen molar-refractivity contribution >= 4 is 22.8 Å². The summed E-state index contributed by atoms with van der Waals surface area (Å²) in [6, 6.07) is 0. The predicted molar refractivity (Wildman–Crippen MR) is 72.2 cm³/mol. The van der Waals surface area contributed by atoms with Crippen molar-refractivity contribution in [3.05, 3.63) is 0 Å². The van der Waals surface area contributed by atoms with Gasteiger partial charge in [-0.25, -0.2) is 0 Å². The molecule has 0 amide bonds. The lowest BCUT2D eigenvalue weighted by molar-refractivity contribution is 0.289. The van der Waals surface area contributed by atoms with Crippen LogP contribution in [0.15, 0.2) is 0 Å². The van der Waals surface area contributed by atoms with Gasteiger partial charge in [-0.05, 0) is 18.8 Å². The minimum Gasteiger partial charge on any atom is -0.323 e. The Kier molecular flexibility index (Phi) is 6.84. The molecule has 0 fully saturated rings. The topological polar surface area (TPSA) is 173 Å². The summed E-state index contributed by atoms with van der Waals surface area (Å²) in [5.74, 6) is -0.177. The van der Waals surface area contributed by atoms with Gasteiger partial charge in [-0.2, -0.15) is 0 Å². The van der Waals surface area contributed by atoms with E-state index in [1.165, 1.54) is 0 Å². The van der Waals surface area contributed by atoms with Gasteiger partial charge in [0.25, 0.3) is 4.64 Å². The van der Waals surface area contributed by atoms with E-state index in [2.05, 4.69) is 0 Å². The molecule has 1 unspecified atom stereocenters. The van der Waals surface area contributed by atoms with E-state index in [0.717, 1.165) is 6.42 Å². The summed E-state index contributed by atoms with van der Waals surface area (Å²) in [4.78, 5) is 55.0. The Morgan fingerprint density at radius 3 is 1.45 bits per heavy atom. The van der Waals surface area contributed by atoms with Gasteiger partial charge in [-0.3, -0.25) is 13.7 Å². The van der Waals surface area contributed by atoms with Gasteiger partial charge < -0.3 is 29.4 Å². The predicted octanol–water partition coefficient (Wildman–Crippen LogP) is 1.39. The molecule has 0 bridgehead atoms. The van der Waals surface area contributed by atoms with Gasteiger partial charge in [0.2, 0.25) is 0 Å². The Morgan fingerprint density at radius 2 is 1.20 bits per heavy atom. The van der Waals surface area contributed by atoms with Crippen LogP contribution in [0.4, 0.5) is 0 Å². The van der Waals surface area contributed by atoms with Crippen molar-refractivity contribution < 1.29 is 43.1 Å². The Bertz CT molecular complexity index is 403. The molecule has 0 heterocycles. The largest absolute Gasteiger partial charge is 0.356 e. The molecule has 12 heteroatoms. The summed E-state index contributed by atoms with van der Waals surface area (Å²) in [5, 5.41) is 0. The van der Waals surface area contributed by atoms with Crippen molar-refractivity contribution in [2.75, 3.05) is 0 Å². The molecule has 0 aromatic rings. The Labute approximate surface area is 116 Å². The first-order valence-electron chi connectivity index (χ1n) is 5.87. The molecule has 0 aromatic carbocycles. The van der Waals surface area contributed by atoms with Gasteiger partial charge in [-0.15, -0.1) is 0 Å². The van der Waals surface area contributed by atoms with E-state index in [9.17, 15) is 13.7 Å². The second kappa shape index (κ2) is 6.69. The van der Waals surface area contributed by atoms with Crippen LogP contribution in [0.25, 0.3) is 0 Å². The monoisotopic (exact) mass is 354 g/mol. The third-order valence-corrected chi connectivity index (χ3v) is 11.3. The normalized spacial score (nSPS) is 16.2. The SMILES string of the molecule is CCCC(C)CCC(P(=O)(O)O)(P(=O)(O)O)P(=O)(O)O. The number of rotatable bonds is 8. The fourth-order valence-electron chi connectivity index (χ4n) is 2.02. The van der Waals surface area contributed by atoms with Gasteiger partial charge in [0.05, 0.1) is 0 Å². The maximum atomic E-state index is 11.4. The number of hydrogen-bond donors (Lipinski definition) is 6. The van der Waals surface area contributed by atoms with Crippen molar-refractivity contribution in [1.29, 1.82) is 0 Å². The standard InChI is InChI=1S/C8H21O9P3/c1-3-4-7(2)5-6-8(18(9,10)11,19(12,13)14)20(15,16)17/h7H,3-6H2,1-2H3,(H2,9,10,11)(H2,12,13,14)(H2,15,16,17). The zero-order valence-corrected chi connectivity index (χ0v) is 13.8. The van der Waals surface area contributed by atoms with Crippen LogP contribution in [0, 0.1) is 5.92 Å². The summed E-state index contributed by atoms with van der Waals surface area (Å²) in [5.41, 5.74) is 0. The highest BCUT2D eigenvalue weighted by atomic mass is 31.3. The first kappa shape index (κ1) is 20.5. The Balaban J connectivity index is 5.77. The maximum absolute atomic E-state index is 11.4. The van der Waals surface area contributed by atoms with E-state index < -0.39 is 33.8 Å². The van der Waals surface area contributed by atoms with Gasteiger partial charge in [-0.1, -0.05) is 26.7 Å². The average Bonchev–Trinajstić information content (AvgIpc) is 2.11. The molecule has 9 nitrogen and oxygen atoms in total. The molecule has 1 atom stereocenters. The molecule has 0 radical (unpaired) electrons. The van der Waals surface area contributed by atoms with Crippen molar-refractivity contribution in [1.82, 2.24) is 0 Å². The summed E-state index contributed by atoms with van der Waals surface area (Å²) >= 11 is 0. The van der Waals surface area contributed by atoms with E-state index in [4.69, 9.17) is 29.4 Å². The minimum atomic E-state index is -5.75. The fraction of sp³-hybridized carbons (Fsp3) is 1.00. The molecule has 0 aromatic heterocycles. The van der Waals surface area contributed by atoms with Crippen LogP contribution < -0.4 is 0 Å². The van der Waals surface area contributed by atoms with Crippen LogP contribution in [0.1, 0.15) is 39.5 Å². The molecular formula is C8H21O9P3. The van der Waals surface area contributed by atoms with E-state index in [1.54, 1.807) is 6.92 Å². The molecule has 0 aliphatic rings. The molecule has 0 spiro atoms. The highest BCUT2D eigenvalue weighted by Gasteiger charge is 2.71. The lowest BCUT2D eigenvalue weighted by atomic mass is 10.0. The molecule has 0 saturated carbocycles. The lowest BCUT2D eigenvalue weighted by Gasteiger charge is -2.35. The van der Waals surface area contributed by atoms with Crippen LogP contribution in [-0.4, -0.2) is 34.0 Å². The number of hydrogen-bond acceptors (Lipinski definition) is 3. The van der Waals surface area contributed by atoms with Gasteiger partial charge in [0.1, 0.15) is 0 Å². The molecule has 0 rings (SSSR count). The summed E-state index contributed by atoms with van der Waals surface area (Å²) in [7, 11) is -17.3. The minimum absolute atomic E-state index is 0.116. The maximum Gasteiger partial charge on any atom is 0.356 e. The van der Waals surface area contributed by atoms with Crippen molar-refractivity contribution in [2.45, 2.75) is 44.2 Å². The Hall–Kier alpha value is 0.450. The first-order chi connectivity index (χ1) is 8.70. The van der Waals surface area contributed by atoms with Crippen LogP contribution in [0.5, 0.6) is 0 Å². The molecule has 0 aliphatic carbocycles. The molecule has 122 valence electrons. The van der Waals surface area contributed by atoms with Gasteiger partial charge in [0.15, 0.2) is 0 Å². The van der Waals surface area contributed by atoms with Crippen molar-refractivity contribution in [3.63, 3.8) is 0 Å². The van der Waals surface area contributed by atoms with E-state index in [1.807, 2.05) is 6.92 Å². The first-order valence-corrected chi connectivity index (χ1v) is 10.7. The lowest BCUT2D eigenvalue weighted by Crippen LogP contribution is -2.29. The molecule has 0 saturated heterocycles. The van der Waals surface area contributed by atoms with Gasteiger partial charge >= 0.3 is 22.8 Å². The van der Waals surface area contributed by atoms with Crippen LogP contribution in [0.3, 0.4) is 0 Å². The smallest absolute Gasteiger partial charge is 0.323 e.